The van der Waals surface area contributed by atoms with Crippen molar-refractivity contribution in [1.29, 1.82) is 0 Å². The number of aryl methyl sites for hydroxylation is 1. The van der Waals surface area contributed by atoms with E-state index in [-0.39, 0.29) is 30.1 Å². The molecule has 1 aliphatic heterocycles. The van der Waals surface area contributed by atoms with Crippen molar-refractivity contribution in [2.45, 2.75) is 38.4 Å². The highest BCUT2D eigenvalue weighted by atomic mass is 16.2. The largest absolute Gasteiger partial charge is 0.352 e. The summed E-state index contributed by atoms with van der Waals surface area (Å²) in [6.07, 6.45) is 2.16. The molecule has 1 saturated carbocycles. The molecule has 0 bridgehead atoms. The minimum Gasteiger partial charge on any atom is -0.352 e. The molecule has 2 aromatic rings. The number of hydrogen-bond acceptors (Lipinski definition) is 4. The molecule has 2 fully saturated rings. The lowest BCUT2D eigenvalue weighted by atomic mass is 10.2. The SMILES string of the molecule is CC(C(=O)NC1CC1)N1CCN(C(=O)Cn2c(=O)n(C)c3ccccc32)CC1. The maximum Gasteiger partial charge on any atom is 0.329 e. The molecule has 1 unspecified atom stereocenters. The molecule has 0 spiro atoms. The number of piperazine rings is 1. The number of aromatic nitrogens is 2. The topological polar surface area (TPSA) is 79.6 Å². The fourth-order valence-electron chi connectivity index (χ4n) is 3.83. The molecular formula is C20H27N5O3. The van der Waals surface area contributed by atoms with Crippen molar-refractivity contribution >= 4 is 22.8 Å². The van der Waals surface area contributed by atoms with E-state index in [1.807, 2.05) is 31.2 Å². The third-order valence-corrected chi connectivity index (χ3v) is 5.86. The summed E-state index contributed by atoms with van der Waals surface area (Å²) in [4.78, 5) is 41.5. The number of rotatable bonds is 5. The molecule has 2 heterocycles. The molecule has 1 saturated heterocycles. The van der Waals surface area contributed by atoms with Gasteiger partial charge in [-0.15, -0.1) is 0 Å². The smallest absolute Gasteiger partial charge is 0.329 e. The van der Waals surface area contributed by atoms with Gasteiger partial charge in [-0.2, -0.15) is 0 Å². The highest BCUT2D eigenvalue weighted by Crippen LogP contribution is 2.19. The van der Waals surface area contributed by atoms with Crippen LogP contribution in [-0.4, -0.2) is 69.0 Å². The standard InChI is InChI=1S/C20H27N5O3/c1-14(19(27)21-15-7-8-15)23-9-11-24(12-10-23)18(26)13-25-17-6-4-3-5-16(17)22(2)20(25)28/h3-6,14-15H,7-13H2,1-2H3,(H,21,27). The summed E-state index contributed by atoms with van der Waals surface area (Å²) < 4.78 is 3.11. The van der Waals surface area contributed by atoms with Crippen LogP contribution in [0.4, 0.5) is 0 Å². The molecule has 2 aliphatic rings. The Hall–Kier alpha value is -2.61. The van der Waals surface area contributed by atoms with Crippen LogP contribution in [0.25, 0.3) is 11.0 Å². The predicted molar refractivity (Wildman–Crippen MR) is 106 cm³/mol. The number of fused-ring (bicyclic) bond motifs is 1. The quantitative estimate of drug-likeness (QED) is 0.795. The normalized spacial score (nSPS) is 19.0. The van der Waals surface area contributed by atoms with Gasteiger partial charge in [-0.1, -0.05) is 12.1 Å². The van der Waals surface area contributed by atoms with E-state index in [0.29, 0.717) is 32.2 Å². The average Bonchev–Trinajstić information content (AvgIpc) is 3.50. The van der Waals surface area contributed by atoms with Crippen LogP contribution in [0.3, 0.4) is 0 Å². The lowest BCUT2D eigenvalue weighted by molar-refractivity contribution is -0.134. The van der Waals surface area contributed by atoms with Crippen molar-refractivity contribution in [3.05, 3.63) is 34.7 Å². The van der Waals surface area contributed by atoms with Crippen LogP contribution in [0.1, 0.15) is 19.8 Å². The first-order chi connectivity index (χ1) is 13.5. The maximum absolute atomic E-state index is 12.8. The minimum absolute atomic E-state index is 0.0396. The second kappa shape index (κ2) is 7.43. The predicted octanol–water partition coefficient (Wildman–Crippen LogP) is 0.151. The van der Waals surface area contributed by atoms with Crippen molar-refractivity contribution < 1.29 is 9.59 Å². The molecule has 8 heteroatoms. The summed E-state index contributed by atoms with van der Waals surface area (Å²) in [6.45, 7) is 4.42. The number of benzene rings is 1. The number of amides is 2. The number of imidazole rings is 1. The number of carbonyl (C=O) groups is 2. The van der Waals surface area contributed by atoms with Gasteiger partial charge in [0.15, 0.2) is 0 Å². The van der Waals surface area contributed by atoms with E-state index in [1.165, 1.54) is 4.57 Å². The van der Waals surface area contributed by atoms with Gasteiger partial charge >= 0.3 is 5.69 Å². The molecule has 1 atom stereocenters. The first-order valence-electron chi connectivity index (χ1n) is 9.92. The van der Waals surface area contributed by atoms with E-state index in [1.54, 1.807) is 16.5 Å². The van der Waals surface area contributed by atoms with Crippen molar-refractivity contribution in [1.82, 2.24) is 24.3 Å². The first kappa shape index (κ1) is 18.7. The van der Waals surface area contributed by atoms with Crippen molar-refractivity contribution in [3.63, 3.8) is 0 Å². The molecule has 1 N–H and O–H groups in total. The molecule has 28 heavy (non-hydrogen) atoms. The van der Waals surface area contributed by atoms with Gasteiger partial charge < -0.3 is 10.2 Å². The van der Waals surface area contributed by atoms with Crippen molar-refractivity contribution in [2.24, 2.45) is 7.05 Å². The molecule has 4 rings (SSSR count). The fourth-order valence-corrected chi connectivity index (χ4v) is 3.83. The Morgan fingerprint density at radius 3 is 2.39 bits per heavy atom. The summed E-state index contributed by atoms with van der Waals surface area (Å²) in [5.41, 5.74) is 1.41. The molecule has 8 nitrogen and oxygen atoms in total. The van der Waals surface area contributed by atoms with Crippen LogP contribution in [0.2, 0.25) is 0 Å². The highest BCUT2D eigenvalue weighted by molar-refractivity contribution is 5.82. The second-order valence-corrected chi connectivity index (χ2v) is 7.79. The second-order valence-electron chi connectivity index (χ2n) is 7.79. The summed E-state index contributed by atoms with van der Waals surface area (Å²) in [5.74, 6) is 0.0118. The van der Waals surface area contributed by atoms with E-state index in [2.05, 4.69) is 10.2 Å². The van der Waals surface area contributed by atoms with Gasteiger partial charge in [0.05, 0.1) is 17.1 Å². The zero-order valence-corrected chi connectivity index (χ0v) is 16.4. The fraction of sp³-hybridized carbons (Fsp3) is 0.550. The Kier molecular flexibility index (Phi) is 4.97. The molecule has 0 radical (unpaired) electrons. The van der Waals surface area contributed by atoms with Gasteiger partial charge in [-0.05, 0) is 31.9 Å². The molecule has 2 amide bonds. The monoisotopic (exact) mass is 385 g/mol. The van der Waals surface area contributed by atoms with E-state index < -0.39 is 0 Å². The van der Waals surface area contributed by atoms with Gasteiger partial charge in [-0.3, -0.25) is 23.6 Å². The van der Waals surface area contributed by atoms with Crippen LogP contribution in [0.15, 0.2) is 29.1 Å². The third-order valence-electron chi connectivity index (χ3n) is 5.86. The summed E-state index contributed by atoms with van der Waals surface area (Å²) in [5, 5.41) is 3.04. The van der Waals surface area contributed by atoms with E-state index in [4.69, 9.17) is 0 Å². The van der Waals surface area contributed by atoms with E-state index >= 15 is 0 Å². The van der Waals surface area contributed by atoms with Crippen LogP contribution in [0, 0.1) is 0 Å². The third kappa shape index (κ3) is 3.56. The molecule has 1 aromatic carbocycles. The first-order valence-corrected chi connectivity index (χ1v) is 9.92. The van der Waals surface area contributed by atoms with Crippen molar-refractivity contribution in [2.75, 3.05) is 26.2 Å². The average molecular weight is 385 g/mol. The number of para-hydroxylation sites is 2. The Balaban J connectivity index is 1.38. The molecule has 1 aliphatic carbocycles. The Morgan fingerprint density at radius 2 is 1.75 bits per heavy atom. The van der Waals surface area contributed by atoms with Crippen LogP contribution in [0.5, 0.6) is 0 Å². The highest BCUT2D eigenvalue weighted by Gasteiger charge is 2.31. The van der Waals surface area contributed by atoms with Crippen LogP contribution >= 0.6 is 0 Å². The molecule has 150 valence electrons. The molecular weight excluding hydrogens is 358 g/mol. The summed E-state index contributed by atoms with van der Waals surface area (Å²) in [7, 11) is 1.72. The van der Waals surface area contributed by atoms with Gasteiger partial charge in [0, 0.05) is 39.3 Å². The zero-order valence-electron chi connectivity index (χ0n) is 16.4. The van der Waals surface area contributed by atoms with Crippen LogP contribution < -0.4 is 11.0 Å². The zero-order chi connectivity index (χ0) is 19.8. The Bertz CT molecular complexity index is 950. The lowest BCUT2D eigenvalue weighted by Gasteiger charge is -2.37. The van der Waals surface area contributed by atoms with Gasteiger partial charge in [0.2, 0.25) is 11.8 Å². The summed E-state index contributed by atoms with van der Waals surface area (Å²) >= 11 is 0. The lowest BCUT2D eigenvalue weighted by Crippen LogP contribution is -2.55. The number of nitrogens with zero attached hydrogens (tertiary/aromatic N) is 4. The van der Waals surface area contributed by atoms with Crippen LogP contribution in [-0.2, 0) is 23.2 Å². The summed E-state index contributed by atoms with van der Waals surface area (Å²) in [6, 6.07) is 7.67. The van der Waals surface area contributed by atoms with Crippen molar-refractivity contribution in [3.8, 4) is 0 Å². The number of nitrogens with one attached hydrogen (secondary N) is 1. The Morgan fingerprint density at radius 1 is 1.11 bits per heavy atom. The van der Waals surface area contributed by atoms with Gasteiger partial charge in [0.1, 0.15) is 6.54 Å². The van der Waals surface area contributed by atoms with E-state index in [9.17, 15) is 14.4 Å². The number of hydrogen-bond donors (Lipinski definition) is 1. The molecule has 1 aromatic heterocycles. The van der Waals surface area contributed by atoms with E-state index in [0.717, 1.165) is 23.9 Å². The minimum atomic E-state index is -0.182. The maximum atomic E-state index is 12.8. The Labute approximate surface area is 163 Å². The van der Waals surface area contributed by atoms with Gasteiger partial charge in [-0.25, -0.2) is 4.79 Å². The van der Waals surface area contributed by atoms with Gasteiger partial charge in [0.25, 0.3) is 0 Å². The number of carbonyl (C=O) groups excluding carboxylic acids is 2.